The lowest BCUT2D eigenvalue weighted by Gasteiger charge is -2.06. The maximum Gasteiger partial charge on any atom is 0.292 e. The van der Waals surface area contributed by atoms with E-state index in [0.29, 0.717) is 12.2 Å². The third-order valence-electron chi connectivity index (χ3n) is 2.67. The standard InChI is InChI=1S/C13H14N4O2/c1-3-16-9-11(8-15-16)7-14-12-5-4-10(2)6-13(12)17(18)19/h3-6,8-9,14H,1,7H2,2H3. The molecule has 6 heteroatoms. The first-order valence-electron chi connectivity index (χ1n) is 5.74. The van der Waals surface area contributed by atoms with Crippen molar-refractivity contribution in [1.29, 1.82) is 0 Å². The van der Waals surface area contributed by atoms with E-state index in [-0.39, 0.29) is 10.6 Å². The molecule has 0 radical (unpaired) electrons. The van der Waals surface area contributed by atoms with Gasteiger partial charge in [-0.1, -0.05) is 12.6 Å². The molecule has 0 aliphatic heterocycles. The maximum absolute atomic E-state index is 11.0. The first kappa shape index (κ1) is 12.8. The van der Waals surface area contributed by atoms with Crippen LogP contribution >= 0.6 is 0 Å². The molecule has 0 saturated carbocycles. The minimum Gasteiger partial charge on any atom is -0.375 e. The highest BCUT2D eigenvalue weighted by Gasteiger charge is 2.13. The van der Waals surface area contributed by atoms with Gasteiger partial charge in [0.05, 0.1) is 11.1 Å². The zero-order chi connectivity index (χ0) is 13.8. The van der Waals surface area contributed by atoms with E-state index in [1.165, 1.54) is 0 Å². The van der Waals surface area contributed by atoms with Crippen LogP contribution in [0.2, 0.25) is 0 Å². The highest BCUT2D eigenvalue weighted by Crippen LogP contribution is 2.25. The summed E-state index contributed by atoms with van der Waals surface area (Å²) in [6.07, 6.45) is 5.08. The van der Waals surface area contributed by atoms with Crippen molar-refractivity contribution < 1.29 is 4.92 Å². The van der Waals surface area contributed by atoms with Crippen LogP contribution < -0.4 is 5.32 Å². The van der Waals surface area contributed by atoms with Crippen molar-refractivity contribution in [2.75, 3.05) is 5.32 Å². The fourth-order valence-corrected chi connectivity index (χ4v) is 1.71. The molecule has 0 bridgehead atoms. The molecule has 0 amide bonds. The van der Waals surface area contributed by atoms with Gasteiger partial charge in [0, 0.05) is 30.6 Å². The number of benzene rings is 1. The number of hydrogen-bond acceptors (Lipinski definition) is 4. The molecule has 0 aliphatic carbocycles. The Bertz CT molecular complexity index is 619. The van der Waals surface area contributed by atoms with Crippen LogP contribution in [-0.4, -0.2) is 14.7 Å². The molecule has 0 atom stereocenters. The predicted molar refractivity (Wildman–Crippen MR) is 73.8 cm³/mol. The van der Waals surface area contributed by atoms with E-state index in [4.69, 9.17) is 0 Å². The molecule has 0 aliphatic rings. The largest absolute Gasteiger partial charge is 0.375 e. The third kappa shape index (κ3) is 2.98. The Morgan fingerprint density at radius 1 is 1.58 bits per heavy atom. The van der Waals surface area contributed by atoms with Crippen molar-refractivity contribution in [1.82, 2.24) is 9.78 Å². The van der Waals surface area contributed by atoms with Crippen LogP contribution in [-0.2, 0) is 6.54 Å². The number of aryl methyl sites for hydroxylation is 1. The summed E-state index contributed by atoms with van der Waals surface area (Å²) < 4.78 is 1.58. The summed E-state index contributed by atoms with van der Waals surface area (Å²) in [4.78, 5) is 10.6. The van der Waals surface area contributed by atoms with Crippen LogP contribution in [0.15, 0.2) is 37.2 Å². The lowest BCUT2D eigenvalue weighted by atomic mass is 10.2. The molecule has 1 N–H and O–H groups in total. The number of nitrogens with one attached hydrogen (secondary N) is 1. The van der Waals surface area contributed by atoms with Crippen molar-refractivity contribution in [2.45, 2.75) is 13.5 Å². The lowest BCUT2D eigenvalue weighted by molar-refractivity contribution is -0.384. The highest BCUT2D eigenvalue weighted by molar-refractivity contribution is 5.62. The topological polar surface area (TPSA) is 73.0 Å². The minimum atomic E-state index is -0.386. The summed E-state index contributed by atoms with van der Waals surface area (Å²) in [7, 11) is 0. The number of nitro groups is 1. The van der Waals surface area contributed by atoms with Crippen LogP contribution in [0.25, 0.3) is 6.20 Å². The highest BCUT2D eigenvalue weighted by atomic mass is 16.6. The maximum atomic E-state index is 11.0. The summed E-state index contributed by atoms with van der Waals surface area (Å²) in [5.74, 6) is 0. The molecule has 0 unspecified atom stereocenters. The quantitative estimate of drug-likeness (QED) is 0.661. The molecular formula is C13H14N4O2. The first-order chi connectivity index (χ1) is 9.10. The molecule has 2 aromatic rings. The van der Waals surface area contributed by atoms with Crippen molar-refractivity contribution in [3.63, 3.8) is 0 Å². The second kappa shape index (κ2) is 5.34. The SMILES string of the molecule is C=Cn1cc(CNc2ccc(C)cc2[N+](=O)[O-])cn1. The summed E-state index contributed by atoms with van der Waals surface area (Å²) in [6.45, 7) is 5.89. The minimum absolute atomic E-state index is 0.0797. The Morgan fingerprint density at radius 3 is 3.00 bits per heavy atom. The second-order valence-electron chi connectivity index (χ2n) is 4.14. The average molecular weight is 258 g/mol. The zero-order valence-electron chi connectivity index (χ0n) is 10.5. The normalized spacial score (nSPS) is 10.2. The Morgan fingerprint density at radius 2 is 2.37 bits per heavy atom. The fraction of sp³-hybridized carbons (Fsp3) is 0.154. The summed E-state index contributed by atoms with van der Waals surface area (Å²) in [5, 5.41) is 18.1. The zero-order valence-corrected chi connectivity index (χ0v) is 10.5. The number of anilines is 1. The van der Waals surface area contributed by atoms with Crippen molar-refractivity contribution in [3.05, 3.63) is 58.4 Å². The van der Waals surface area contributed by atoms with E-state index in [1.54, 1.807) is 35.4 Å². The molecule has 19 heavy (non-hydrogen) atoms. The van der Waals surface area contributed by atoms with Crippen LogP contribution in [0.3, 0.4) is 0 Å². The smallest absolute Gasteiger partial charge is 0.292 e. The first-order valence-corrected chi connectivity index (χ1v) is 5.74. The van der Waals surface area contributed by atoms with Crippen molar-refractivity contribution in [2.24, 2.45) is 0 Å². The molecule has 0 saturated heterocycles. The molecular weight excluding hydrogens is 244 g/mol. The van der Waals surface area contributed by atoms with Crippen LogP contribution in [0.5, 0.6) is 0 Å². The number of aromatic nitrogens is 2. The Balaban J connectivity index is 2.14. The van der Waals surface area contributed by atoms with Gasteiger partial charge < -0.3 is 5.32 Å². The third-order valence-corrected chi connectivity index (χ3v) is 2.67. The van der Waals surface area contributed by atoms with E-state index in [0.717, 1.165) is 11.1 Å². The molecule has 2 rings (SSSR count). The summed E-state index contributed by atoms with van der Waals surface area (Å²) in [5.41, 5.74) is 2.37. The van der Waals surface area contributed by atoms with E-state index >= 15 is 0 Å². The number of hydrogen-bond donors (Lipinski definition) is 1. The van der Waals surface area contributed by atoms with E-state index in [2.05, 4.69) is 17.0 Å². The number of rotatable bonds is 5. The molecule has 1 aromatic heterocycles. The summed E-state index contributed by atoms with van der Waals surface area (Å²) in [6, 6.07) is 5.10. The predicted octanol–water partition coefficient (Wildman–Crippen LogP) is 2.81. The number of nitrogens with zero attached hydrogens (tertiary/aromatic N) is 3. The second-order valence-corrected chi connectivity index (χ2v) is 4.14. The van der Waals surface area contributed by atoms with Gasteiger partial charge in [-0.25, -0.2) is 4.68 Å². The molecule has 1 heterocycles. The van der Waals surface area contributed by atoms with Gasteiger partial charge in [0.25, 0.3) is 5.69 Å². The molecule has 1 aromatic carbocycles. The average Bonchev–Trinajstić information content (AvgIpc) is 2.85. The van der Waals surface area contributed by atoms with Gasteiger partial charge in [0.2, 0.25) is 0 Å². The van der Waals surface area contributed by atoms with Gasteiger partial charge in [-0.15, -0.1) is 0 Å². The van der Waals surface area contributed by atoms with E-state index in [9.17, 15) is 10.1 Å². The molecule has 0 fully saturated rings. The van der Waals surface area contributed by atoms with E-state index < -0.39 is 0 Å². The van der Waals surface area contributed by atoms with Gasteiger partial charge in [-0.05, 0) is 18.6 Å². The summed E-state index contributed by atoms with van der Waals surface area (Å²) >= 11 is 0. The van der Waals surface area contributed by atoms with E-state index in [1.807, 2.05) is 13.0 Å². The molecule has 0 spiro atoms. The Labute approximate surface area is 110 Å². The van der Waals surface area contributed by atoms with Crippen molar-refractivity contribution >= 4 is 17.6 Å². The van der Waals surface area contributed by atoms with Gasteiger partial charge in [0.15, 0.2) is 0 Å². The van der Waals surface area contributed by atoms with Crippen LogP contribution in [0.4, 0.5) is 11.4 Å². The van der Waals surface area contributed by atoms with Crippen LogP contribution in [0, 0.1) is 17.0 Å². The fourth-order valence-electron chi connectivity index (χ4n) is 1.71. The lowest BCUT2D eigenvalue weighted by Crippen LogP contribution is -2.02. The van der Waals surface area contributed by atoms with Gasteiger partial charge in [-0.2, -0.15) is 5.10 Å². The van der Waals surface area contributed by atoms with Gasteiger partial charge in [-0.3, -0.25) is 10.1 Å². The molecule has 6 nitrogen and oxygen atoms in total. The van der Waals surface area contributed by atoms with Crippen molar-refractivity contribution in [3.8, 4) is 0 Å². The van der Waals surface area contributed by atoms with Crippen LogP contribution in [0.1, 0.15) is 11.1 Å². The van der Waals surface area contributed by atoms with Gasteiger partial charge in [0.1, 0.15) is 5.69 Å². The number of nitro benzene ring substituents is 1. The van der Waals surface area contributed by atoms with Gasteiger partial charge >= 0.3 is 0 Å². The molecule has 98 valence electrons. The Kier molecular flexibility index (Phi) is 3.61. The Hall–Kier alpha value is -2.63. The monoisotopic (exact) mass is 258 g/mol.